The highest BCUT2D eigenvalue weighted by Crippen LogP contribution is 2.35. The van der Waals surface area contributed by atoms with Crippen LogP contribution in [0.5, 0.6) is 0 Å². The summed E-state index contributed by atoms with van der Waals surface area (Å²) < 4.78 is 13.7. The van der Waals surface area contributed by atoms with Gasteiger partial charge in [-0.05, 0) is 50.3 Å². The maximum Gasteiger partial charge on any atom is 0.125 e. The zero-order valence-electron chi connectivity index (χ0n) is 11.6. The zero-order valence-corrected chi connectivity index (χ0v) is 12.4. The lowest BCUT2D eigenvalue weighted by atomic mass is 10.0. The van der Waals surface area contributed by atoms with Crippen LogP contribution in [-0.4, -0.2) is 11.5 Å². The van der Waals surface area contributed by atoms with Gasteiger partial charge in [0.25, 0.3) is 0 Å². The van der Waals surface area contributed by atoms with Crippen LogP contribution in [0.15, 0.2) is 12.1 Å². The second-order valence-corrected chi connectivity index (χ2v) is 5.69. The molecule has 0 spiro atoms. The second kappa shape index (κ2) is 5.57. The molecule has 106 valence electrons. The molecule has 0 saturated heterocycles. The normalized spacial score (nSPS) is 14.9. The first-order valence-electron chi connectivity index (χ1n) is 7.25. The van der Waals surface area contributed by atoms with Crippen LogP contribution in [0.1, 0.15) is 37.4 Å². The molecule has 1 N–H and O–H groups in total. The summed E-state index contributed by atoms with van der Waals surface area (Å²) in [6.45, 7) is 2.86. The van der Waals surface area contributed by atoms with Crippen LogP contribution in [0.2, 0.25) is 5.02 Å². The molecule has 0 fully saturated rings. The molecule has 0 unspecified atom stereocenters. The van der Waals surface area contributed by atoms with Crippen molar-refractivity contribution in [2.24, 2.45) is 0 Å². The Hall–Kier alpha value is -1.35. The third-order valence-electron chi connectivity index (χ3n) is 3.89. The minimum atomic E-state index is -0.308. The molecule has 2 nitrogen and oxygen atoms in total. The largest absolute Gasteiger partial charge is 0.384 e. The molecule has 1 heterocycles. The zero-order chi connectivity index (χ0) is 14.1. The van der Waals surface area contributed by atoms with E-state index in [4.69, 9.17) is 16.6 Å². The van der Waals surface area contributed by atoms with Crippen LogP contribution >= 0.6 is 11.6 Å². The maximum absolute atomic E-state index is 13.7. The Bertz CT molecular complexity index is 655. The van der Waals surface area contributed by atoms with Crippen molar-refractivity contribution in [2.45, 2.75) is 39.0 Å². The topological polar surface area (TPSA) is 24.9 Å². The number of aryl methyl sites for hydroxylation is 1. The lowest BCUT2D eigenvalue weighted by Crippen LogP contribution is -2.07. The lowest BCUT2D eigenvalue weighted by Gasteiger charge is -2.17. The van der Waals surface area contributed by atoms with Gasteiger partial charge in [0.2, 0.25) is 0 Å². The van der Waals surface area contributed by atoms with Crippen molar-refractivity contribution < 1.29 is 4.39 Å². The van der Waals surface area contributed by atoms with E-state index in [1.165, 1.54) is 30.5 Å². The SMILES string of the molecule is CCNc1c2c(nc3c(Cl)cc(F)cc13)CCCCC2. The van der Waals surface area contributed by atoms with E-state index in [0.29, 0.717) is 10.5 Å². The van der Waals surface area contributed by atoms with Gasteiger partial charge in [0, 0.05) is 23.3 Å². The van der Waals surface area contributed by atoms with Gasteiger partial charge in [0.05, 0.1) is 10.5 Å². The van der Waals surface area contributed by atoms with E-state index < -0.39 is 0 Å². The number of nitrogens with one attached hydrogen (secondary N) is 1. The standard InChI is InChI=1S/C16H18ClFN2/c1-2-19-15-11-6-4-3-5-7-14(11)20-16-12(15)8-10(18)9-13(16)17/h8-9H,2-7H2,1H3,(H,19,20). The molecule has 1 aliphatic carbocycles. The van der Waals surface area contributed by atoms with E-state index >= 15 is 0 Å². The van der Waals surface area contributed by atoms with E-state index in [1.54, 1.807) is 0 Å². The fourth-order valence-corrected chi connectivity index (χ4v) is 3.25. The average molecular weight is 293 g/mol. The van der Waals surface area contributed by atoms with Gasteiger partial charge < -0.3 is 5.32 Å². The lowest BCUT2D eigenvalue weighted by molar-refractivity contribution is 0.629. The van der Waals surface area contributed by atoms with Gasteiger partial charge in [0.15, 0.2) is 0 Å². The number of fused-ring (bicyclic) bond motifs is 2. The summed E-state index contributed by atoms with van der Waals surface area (Å²) in [7, 11) is 0. The molecule has 0 saturated carbocycles. The summed E-state index contributed by atoms with van der Waals surface area (Å²) >= 11 is 6.19. The Balaban J connectivity index is 2.33. The number of rotatable bonds is 2. The summed E-state index contributed by atoms with van der Waals surface area (Å²) in [6, 6.07) is 2.88. The molecule has 0 amide bonds. The number of aromatic nitrogens is 1. The quantitative estimate of drug-likeness (QED) is 0.810. The molecular formula is C16H18ClFN2. The fraction of sp³-hybridized carbons (Fsp3) is 0.438. The number of hydrogen-bond acceptors (Lipinski definition) is 2. The summed E-state index contributed by atoms with van der Waals surface area (Å²) in [5.41, 5.74) is 4.11. The van der Waals surface area contributed by atoms with Crippen LogP contribution < -0.4 is 5.32 Å². The van der Waals surface area contributed by atoms with Crippen LogP contribution in [0.4, 0.5) is 10.1 Å². The molecule has 1 aromatic heterocycles. The maximum atomic E-state index is 13.7. The molecule has 1 aliphatic rings. The number of halogens is 2. The number of nitrogens with zero attached hydrogens (tertiary/aromatic N) is 1. The molecule has 20 heavy (non-hydrogen) atoms. The van der Waals surface area contributed by atoms with Crippen LogP contribution in [0, 0.1) is 5.82 Å². The molecule has 0 atom stereocenters. The third-order valence-corrected chi connectivity index (χ3v) is 4.18. The summed E-state index contributed by atoms with van der Waals surface area (Å²) in [4.78, 5) is 4.72. The molecule has 1 aromatic carbocycles. The summed E-state index contributed by atoms with van der Waals surface area (Å²) in [5, 5.41) is 4.59. The number of pyridine rings is 1. The highest BCUT2D eigenvalue weighted by molar-refractivity contribution is 6.35. The number of hydrogen-bond donors (Lipinski definition) is 1. The summed E-state index contributed by atoms with van der Waals surface area (Å²) in [6.07, 6.45) is 5.55. The van der Waals surface area contributed by atoms with E-state index in [9.17, 15) is 4.39 Å². The van der Waals surface area contributed by atoms with Gasteiger partial charge in [-0.2, -0.15) is 0 Å². The smallest absolute Gasteiger partial charge is 0.125 e. The van der Waals surface area contributed by atoms with Crippen molar-refractivity contribution in [3.63, 3.8) is 0 Å². The van der Waals surface area contributed by atoms with Gasteiger partial charge in [-0.15, -0.1) is 0 Å². The predicted molar refractivity (Wildman–Crippen MR) is 82.1 cm³/mol. The molecule has 3 rings (SSSR count). The molecule has 2 aromatic rings. The Labute approximate surface area is 123 Å². The first-order valence-corrected chi connectivity index (χ1v) is 7.63. The highest BCUT2D eigenvalue weighted by atomic mass is 35.5. The Morgan fingerprint density at radius 3 is 2.85 bits per heavy atom. The van der Waals surface area contributed by atoms with Gasteiger partial charge in [-0.1, -0.05) is 18.0 Å². The van der Waals surface area contributed by atoms with Crippen LogP contribution in [-0.2, 0) is 12.8 Å². The first kappa shape index (κ1) is 13.6. The molecule has 4 heteroatoms. The minimum absolute atomic E-state index is 0.308. The number of anilines is 1. The number of benzene rings is 1. The van der Waals surface area contributed by atoms with E-state index in [0.717, 1.165) is 42.6 Å². The van der Waals surface area contributed by atoms with Crippen molar-refractivity contribution in [3.8, 4) is 0 Å². The Morgan fingerprint density at radius 2 is 2.05 bits per heavy atom. The Morgan fingerprint density at radius 1 is 1.25 bits per heavy atom. The second-order valence-electron chi connectivity index (χ2n) is 5.29. The Kier molecular flexibility index (Phi) is 3.79. The average Bonchev–Trinajstić information content (AvgIpc) is 2.65. The van der Waals surface area contributed by atoms with Crippen molar-refractivity contribution in [2.75, 3.05) is 11.9 Å². The third kappa shape index (κ3) is 2.35. The molecule has 0 aliphatic heterocycles. The van der Waals surface area contributed by atoms with E-state index in [1.807, 2.05) is 0 Å². The van der Waals surface area contributed by atoms with Crippen LogP contribution in [0.3, 0.4) is 0 Å². The van der Waals surface area contributed by atoms with Crippen molar-refractivity contribution in [3.05, 3.63) is 34.2 Å². The molecule has 0 radical (unpaired) electrons. The fourth-order valence-electron chi connectivity index (χ4n) is 3.01. The van der Waals surface area contributed by atoms with Gasteiger partial charge in [-0.3, -0.25) is 4.98 Å². The van der Waals surface area contributed by atoms with Gasteiger partial charge in [0.1, 0.15) is 5.82 Å². The monoisotopic (exact) mass is 292 g/mol. The van der Waals surface area contributed by atoms with Crippen molar-refractivity contribution >= 4 is 28.2 Å². The van der Waals surface area contributed by atoms with Crippen molar-refractivity contribution in [1.82, 2.24) is 4.98 Å². The minimum Gasteiger partial charge on any atom is -0.384 e. The van der Waals surface area contributed by atoms with E-state index in [-0.39, 0.29) is 5.82 Å². The van der Waals surface area contributed by atoms with E-state index in [2.05, 4.69) is 12.2 Å². The molecular weight excluding hydrogens is 275 g/mol. The van der Waals surface area contributed by atoms with Gasteiger partial charge in [-0.25, -0.2) is 4.39 Å². The van der Waals surface area contributed by atoms with Crippen LogP contribution in [0.25, 0.3) is 10.9 Å². The van der Waals surface area contributed by atoms with Crippen molar-refractivity contribution in [1.29, 1.82) is 0 Å². The molecule has 0 bridgehead atoms. The highest BCUT2D eigenvalue weighted by Gasteiger charge is 2.18. The van der Waals surface area contributed by atoms with Gasteiger partial charge >= 0.3 is 0 Å². The summed E-state index contributed by atoms with van der Waals surface area (Å²) in [5.74, 6) is -0.308. The predicted octanol–water partition coefficient (Wildman–Crippen LogP) is 4.73. The first-order chi connectivity index (χ1) is 9.70.